The van der Waals surface area contributed by atoms with Gasteiger partial charge in [-0.05, 0) is 55.6 Å². The van der Waals surface area contributed by atoms with Crippen molar-refractivity contribution in [2.45, 2.75) is 19.9 Å². The maximum atomic E-state index is 13.2. The average Bonchev–Trinajstić information content (AvgIpc) is 3.34. The van der Waals surface area contributed by atoms with Gasteiger partial charge in [-0.25, -0.2) is 4.98 Å². The fraction of sp³-hybridized carbons (Fsp3) is 0.391. The van der Waals surface area contributed by atoms with E-state index in [0.717, 1.165) is 30.8 Å². The summed E-state index contributed by atoms with van der Waals surface area (Å²) in [7, 11) is 2.21. The number of carbonyl (C=O) groups is 1. The quantitative estimate of drug-likeness (QED) is 0.592. The summed E-state index contributed by atoms with van der Waals surface area (Å²) in [5.74, 6) is 1.06. The molecule has 5 nitrogen and oxygen atoms in total. The Balaban J connectivity index is 0.00000128. The average molecular weight is 447 g/mol. The zero-order chi connectivity index (χ0) is 19.4. The summed E-state index contributed by atoms with van der Waals surface area (Å²) < 4.78 is 1.93. The number of aryl methyl sites for hydroxylation is 2. The summed E-state index contributed by atoms with van der Waals surface area (Å²) in [6.07, 6.45) is 3.83. The van der Waals surface area contributed by atoms with Crippen molar-refractivity contribution in [3.8, 4) is 0 Å². The normalized spacial score (nSPS) is 23.2. The number of likely N-dealkylation sites (tertiary alicyclic amines) is 2. The number of amides is 1. The molecular weight excluding hydrogens is 419 g/mol. The molecule has 0 N–H and O–H groups in total. The van der Waals surface area contributed by atoms with Crippen molar-refractivity contribution in [3.05, 3.63) is 71.2 Å². The number of pyridine rings is 1. The van der Waals surface area contributed by atoms with Crippen LogP contribution in [0.25, 0.3) is 5.65 Å². The zero-order valence-corrected chi connectivity index (χ0v) is 19.1. The molecule has 0 bridgehead atoms. The van der Waals surface area contributed by atoms with Crippen LogP contribution >= 0.6 is 24.8 Å². The lowest BCUT2D eigenvalue weighted by Gasteiger charge is -2.27. The molecule has 0 unspecified atom stereocenters. The molecule has 0 spiro atoms. The van der Waals surface area contributed by atoms with Crippen LogP contribution in [0.15, 0.2) is 48.8 Å². The van der Waals surface area contributed by atoms with Gasteiger partial charge in [-0.2, -0.15) is 0 Å². The van der Waals surface area contributed by atoms with Gasteiger partial charge in [0, 0.05) is 44.0 Å². The molecule has 5 rings (SSSR count). The van der Waals surface area contributed by atoms with E-state index in [4.69, 9.17) is 0 Å². The summed E-state index contributed by atoms with van der Waals surface area (Å²) >= 11 is 0. The number of aromatic nitrogens is 2. The number of fused-ring (bicyclic) bond motifs is 2. The Morgan fingerprint density at radius 3 is 2.60 bits per heavy atom. The van der Waals surface area contributed by atoms with Crippen LogP contribution in [0.3, 0.4) is 0 Å². The minimum Gasteiger partial charge on any atom is -0.337 e. The van der Waals surface area contributed by atoms with E-state index in [1.807, 2.05) is 40.8 Å². The van der Waals surface area contributed by atoms with Crippen LogP contribution in [-0.4, -0.2) is 51.8 Å². The van der Waals surface area contributed by atoms with Crippen molar-refractivity contribution < 1.29 is 4.79 Å². The van der Waals surface area contributed by atoms with Crippen LogP contribution < -0.4 is 0 Å². The molecule has 1 amide bonds. The van der Waals surface area contributed by atoms with E-state index in [1.165, 1.54) is 11.1 Å². The van der Waals surface area contributed by atoms with Gasteiger partial charge in [0.25, 0.3) is 5.91 Å². The highest BCUT2D eigenvalue weighted by molar-refractivity contribution is 5.93. The van der Waals surface area contributed by atoms with Gasteiger partial charge in [0.1, 0.15) is 11.3 Å². The summed E-state index contributed by atoms with van der Waals surface area (Å²) in [5.41, 5.74) is 5.26. The molecule has 2 aliphatic heterocycles. The van der Waals surface area contributed by atoms with Crippen molar-refractivity contribution in [2.24, 2.45) is 11.8 Å². The molecule has 2 aliphatic rings. The second kappa shape index (κ2) is 8.58. The first-order valence-electron chi connectivity index (χ1n) is 10.0. The summed E-state index contributed by atoms with van der Waals surface area (Å²) in [6.45, 7) is 6.90. The molecule has 0 saturated carbocycles. The summed E-state index contributed by atoms with van der Waals surface area (Å²) in [6, 6.07) is 13.1. The number of carbonyl (C=O) groups excluding carboxylic acids is 1. The molecule has 0 radical (unpaired) electrons. The van der Waals surface area contributed by atoms with Crippen molar-refractivity contribution in [3.63, 3.8) is 0 Å². The third-order valence-electron chi connectivity index (χ3n) is 6.52. The number of hydrogen-bond donors (Lipinski definition) is 0. The topological polar surface area (TPSA) is 40.9 Å². The molecule has 7 heteroatoms. The van der Waals surface area contributed by atoms with Gasteiger partial charge in [0.2, 0.25) is 0 Å². The molecule has 2 saturated heterocycles. The molecule has 2 fully saturated rings. The lowest BCUT2D eigenvalue weighted by Crippen LogP contribution is -2.33. The van der Waals surface area contributed by atoms with Crippen LogP contribution in [0.1, 0.15) is 33.2 Å². The Labute approximate surface area is 189 Å². The number of nitrogens with zero attached hydrogens (tertiary/aromatic N) is 4. The molecule has 3 atom stereocenters. The Morgan fingerprint density at radius 2 is 1.83 bits per heavy atom. The van der Waals surface area contributed by atoms with E-state index in [0.29, 0.717) is 23.6 Å². The van der Waals surface area contributed by atoms with E-state index < -0.39 is 0 Å². The van der Waals surface area contributed by atoms with Gasteiger partial charge in [-0.15, -0.1) is 24.8 Å². The standard InChI is InChI=1S/C23H26N4O.2ClH/c1-15-8-9-26-14-20(24-21(26)10-15)23(28)27-12-17-11-25(3)22(19(17)13-27)18-7-5-4-6-16(18)2;;/h4-10,14,17,19,22H,11-13H2,1-3H3;2*1H/t17-,19+,22-;;/m0../s1. The number of benzene rings is 1. The van der Waals surface area contributed by atoms with Crippen LogP contribution in [0, 0.1) is 25.7 Å². The van der Waals surface area contributed by atoms with Crippen molar-refractivity contribution in [1.82, 2.24) is 19.2 Å². The second-order valence-electron chi connectivity index (χ2n) is 8.47. The van der Waals surface area contributed by atoms with Gasteiger partial charge in [-0.1, -0.05) is 24.3 Å². The highest BCUT2D eigenvalue weighted by atomic mass is 35.5. The molecule has 0 aliphatic carbocycles. The zero-order valence-electron chi connectivity index (χ0n) is 17.5. The molecule has 1 aromatic carbocycles. The molecule has 2 aromatic heterocycles. The van der Waals surface area contributed by atoms with Crippen molar-refractivity contribution in [2.75, 3.05) is 26.7 Å². The van der Waals surface area contributed by atoms with Gasteiger partial charge in [0.05, 0.1) is 0 Å². The van der Waals surface area contributed by atoms with E-state index in [1.54, 1.807) is 0 Å². The lowest BCUT2D eigenvalue weighted by molar-refractivity contribution is 0.0762. The fourth-order valence-electron chi connectivity index (χ4n) is 5.16. The van der Waals surface area contributed by atoms with Gasteiger partial charge in [-0.3, -0.25) is 9.69 Å². The van der Waals surface area contributed by atoms with Crippen molar-refractivity contribution >= 4 is 36.4 Å². The summed E-state index contributed by atoms with van der Waals surface area (Å²) in [4.78, 5) is 22.2. The van der Waals surface area contributed by atoms with Gasteiger partial charge in [0.15, 0.2) is 0 Å². The number of imidazole rings is 1. The largest absolute Gasteiger partial charge is 0.337 e. The maximum Gasteiger partial charge on any atom is 0.274 e. The van der Waals surface area contributed by atoms with Crippen LogP contribution in [-0.2, 0) is 0 Å². The third kappa shape index (κ3) is 3.70. The fourth-order valence-corrected chi connectivity index (χ4v) is 5.16. The SMILES string of the molecule is Cc1ccn2cc(C(=O)N3C[C@@H]4CN(C)[C@@H](c5ccccc5C)[C@@H]4C3)nc2c1.Cl.Cl. The minimum absolute atomic E-state index is 0. The molecule has 3 aromatic rings. The molecule has 160 valence electrons. The third-order valence-corrected chi connectivity index (χ3v) is 6.52. The number of hydrogen-bond acceptors (Lipinski definition) is 3. The van der Waals surface area contributed by atoms with Gasteiger partial charge < -0.3 is 9.30 Å². The molecular formula is C23H28Cl2N4O. The number of rotatable bonds is 2. The Morgan fingerprint density at radius 1 is 1.07 bits per heavy atom. The minimum atomic E-state index is 0. The predicted octanol–water partition coefficient (Wildman–Crippen LogP) is 4.17. The highest BCUT2D eigenvalue weighted by Crippen LogP contribution is 2.45. The number of halogens is 2. The molecule has 30 heavy (non-hydrogen) atoms. The first-order valence-corrected chi connectivity index (χ1v) is 10.0. The van der Waals surface area contributed by atoms with E-state index in [-0.39, 0.29) is 30.7 Å². The van der Waals surface area contributed by atoms with E-state index in [2.05, 4.69) is 48.1 Å². The van der Waals surface area contributed by atoms with Crippen LogP contribution in [0.4, 0.5) is 0 Å². The lowest BCUT2D eigenvalue weighted by atomic mass is 9.88. The van der Waals surface area contributed by atoms with E-state index in [9.17, 15) is 4.79 Å². The Bertz CT molecular complexity index is 1070. The summed E-state index contributed by atoms with van der Waals surface area (Å²) in [5, 5.41) is 0. The Kier molecular flexibility index (Phi) is 6.46. The first kappa shape index (κ1) is 22.6. The monoisotopic (exact) mass is 446 g/mol. The first-order chi connectivity index (χ1) is 13.5. The van der Waals surface area contributed by atoms with Crippen LogP contribution in [0.2, 0.25) is 0 Å². The maximum absolute atomic E-state index is 13.2. The Hall–Kier alpha value is -2.08. The van der Waals surface area contributed by atoms with Gasteiger partial charge >= 0.3 is 0 Å². The second-order valence-corrected chi connectivity index (χ2v) is 8.47. The highest BCUT2D eigenvalue weighted by Gasteiger charge is 2.47. The van der Waals surface area contributed by atoms with Crippen molar-refractivity contribution in [1.29, 1.82) is 0 Å². The predicted molar refractivity (Wildman–Crippen MR) is 124 cm³/mol. The smallest absolute Gasteiger partial charge is 0.274 e. The van der Waals surface area contributed by atoms with E-state index >= 15 is 0 Å². The molecule has 4 heterocycles. The van der Waals surface area contributed by atoms with Crippen LogP contribution in [0.5, 0.6) is 0 Å².